The minimum Gasteiger partial charge on any atom is -0.225 e. The van der Waals surface area contributed by atoms with Crippen LogP contribution in [0, 0.1) is 5.92 Å². The molecule has 0 spiro atoms. The van der Waals surface area contributed by atoms with Gasteiger partial charge in [0.1, 0.15) is 0 Å². The fourth-order valence-electron chi connectivity index (χ4n) is 1.63. The zero-order chi connectivity index (χ0) is 10.7. The number of hydrogen-bond acceptors (Lipinski definition) is 3. The molecule has 1 aromatic rings. The third-order valence-corrected chi connectivity index (χ3v) is 2.57. The number of alkyl halides is 1. The average Bonchev–Trinajstić information content (AvgIpc) is 2.53. The lowest BCUT2D eigenvalue weighted by Gasteiger charge is -2.20. The summed E-state index contributed by atoms with van der Waals surface area (Å²) in [5, 5.41) is 11.5. The first-order chi connectivity index (χ1) is 6.57. The molecule has 0 N–H and O–H groups in total. The molecule has 0 aliphatic carbocycles. The van der Waals surface area contributed by atoms with Crippen LogP contribution in [0.1, 0.15) is 51.4 Å². The summed E-state index contributed by atoms with van der Waals surface area (Å²) in [7, 11) is 0. The molecule has 1 rings (SSSR count). The highest BCUT2D eigenvalue weighted by Gasteiger charge is 2.20. The minimum atomic E-state index is -0.141. The molecule has 0 radical (unpaired) electrons. The van der Waals surface area contributed by atoms with Crippen LogP contribution in [0.25, 0.3) is 0 Å². The summed E-state index contributed by atoms with van der Waals surface area (Å²) in [4.78, 5) is 0. The van der Waals surface area contributed by atoms with Crippen LogP contribution in [0.2, 0.25) is 0 Å². The molecule has 2 atom stereocenters. The van der Waals surface area contributed by atoms with Crippen molar-refractivity contribution in [1.82, 2.24) is 20.2 Å². The smallest absolute Gasteiger partial charge is 0.169 e. The lowest BCUT2D eigenvalue weighted by Crippen LogP contribution is -2.18. The maximum Gasteiger partial charge on any atom is 0.169 e. The zero-order valence-corrected chi connectivity index (χ0v) is 9.86. The number of halogens is 1. The molecule has 0 bridgehead atoms. The van der Waals surface area contributed by atoms with E-state index in [4.69, 9.17) is 11.6 Å². The van der Waals surface area contributed by atoms with E-state index in [0.29, 0.717) is 12.0 Å². The quantitative estimate of drug-likeness (QED) is 0.727. The summed E-state index contributed by atoms with van der Waals surface area (Å²) in [5.74, 6) is 1.27. The van der Waals surface area contributed by atoms with Gasteiger partial charge < -0.3 is 0 Å². The number of aromatic nitrogens is 4. The van der Waals surface area contributed by atoms with E-state index in [9.17, 15) is 0 Å². The molecule has 0 fully saturated rings. The van der Waals surface area contributed by atoms with Crippen LogP contribution in [-0.4, -0.2) is 20.2 Å². The van der Waals surface area contributed by atoms with Gasteiger partial charge in [0, 0.05) is 0 Å². The SMILES string of the molecule is CCC(C(C)C)n1nnnc1C(C)Cl. The van der Waals surface area contributed by atoms with Crippen LogP contribution in [0.4, 0.5) is 0 Å². The first kappa shape index (κ1) is 11.4. The van der Waals surface area contributed by atoms with Crippen molar-refractivity contribution < 1.29 is 0 Å². The second kappa shape index (κ2) is 4.73. The van der Waals surface area contributed by atoms with E-state index in [0.717, 1.165) is 12.2 Å². The van der Waals surface area contributed by atoms with E-state index in [1.807, 2.05) is 11.6 Å². The molecule has 0 aliphatic heterocycles. The summed E-state index contributed by atoms with van der Waals surface area (Å²) in [6.45, 7) is 8.35. The Kier molecular flexibility index (Phi) is 3.86. The van der Waals surface area contributed by atoms with E-state index in [2.05, 4.69) is 36.3 Å². The van der Waals surface area contributed by atoms with Gasteiger partial charge in [0.15, 0.2) is 5.82 Å². The van der Waals surface area contributed by atoms with Crippen molar-refractivity contribution in [3.63, 3.8) is 0 Å². The Balaban J connectivity index is 2.97. The van der Waals surface area contributed by atoms with Crippen LogP contribution in [0.5, 0.6) is 0 Å². The third kappa shape index (κ3) is 2.23. The van der Waals surface area contributed by atoms with Crippen molar-refractivity contribution in [2.45, 2.75) is 45.5 Å². The molecule has 1 heterocycles. The molecule has 14 heavy (non-hydrogen) atoms. The van der Waals surface area contributed by atoms with Gasteiger partial charge in [-0.1, -0.05) is 20.8 Å². The predicted octanol–water partition coefficient (Wildman–Crippen LogP) is 2.58. The second-order valence-corrected chi connectivity index (χ2v) is 4.47. The highest BCUT2D eigenvalue weighted by molar-refractivity contribution is 6.20. The minimum absolute atomic E-state index is 0.141. The van der Waals surface area contributed by atoms with Crippen molar-refractivity contribution >= 4 is 11.6 Å². The van der Waals surface area contributed by atoms with Crippen LogP contribution in [-0.2, 0) is 0 Å². The molecule has 80 valence electrons. The van der Waals surface area contributed by atoms with E-state index in [1.165, 1.54) is 0 Å². The molecule has 0 aliphatic rings. The van der Waals surface area contributed by atoms with Crippen LogP contribution >= 0.6 is 11.6 Å². The van der Waals surface area contributed by atoms with Gasteiger partial charge in [0.2, 0.25) is 0 Å². The predicted molar refractivity (Wildman–Crippen MR) is 56.3 cm³/mol. The van der Waals surface area contributed by atoms with Crippen molar-refractivity contribution in [3.8, 4) is 0 Å². The van der Waals surface area contributed by atoms with E-state index >= 15 is 0 Å². The Morgan fingerprint density at radius 2 is 2.00 bits per heavy atom. The maximum absolute atomic E-state index is 5.99. The van der Waals surface area contributed by atoms with Gasteiger partial charge in [0.25, 0.3) is 0 Å². The topological polar surface area (TPSA) is 43.6 Å². The highest BCUT2D eigenvalue weighted by Crippen LogP contribution is 2.25. The van der Waals surface area contributed by atoms with E-state index in [-0.39, 0.29) is 5.38 Å². The molecule has 1 aromatic heterocycles. The van der Waals surface area contributed by atoms with Gasteiger partial charge in [-0.05, 0) is 29.7 Å². The van der Waals surface area contributed by atoms with Gasteiger partial charge >= 0.3 is 0 Å². The van der Waals surface area contributed by atoms with Crippen molar-refractivity contribution in [2.75, 3.05) is 0 Å². The zero-order valence-electron chi connectivity index (χ0n) is 9.11. The van der Waals surface area contributed by atoms with E-state index in [1.54, 1.807) is 0 Å². The Morgan fingerprint density at radius 3 is 2.43 bits per heavy atom. The number of nitrogens with zero attached hydrogens (tertiary/aromatic N) is 4. The maximum atomic E-state index is 5.99. The molecule has 0 saturated carbocycles. The van der Waals surface area contributed by atoms with Crippen LogP contribution < -0.4 is 0 Å². The van der Waals surface area contributed by atoms with Crippen molar-refractivity contribution in [3.05, 3.63) is 5.82 Å². The Bertz CT molecular complexity index is 282. The van der Waals surface area contributed by atoms with Gasteiger partial charge in [-0.2, -0.15) is 0 Å². The average molecular weight is 217 g/mol. The monoisotopic (exact) mass is 216 g/mol. The largest absolute Gasteiger partial charge is 0.225 e. The Morgan fingerprint density at radius 1 is 1.36 bits per heavy atom. The van der Waals surface area contributed by atoms with Gasteiger partial charge in [-0.3, -0.25) is 0 Å². The lowest BCUT2D eigenvalue weighted by atomic mass is 10.0. The molecule has 4 nitrogen and oxygen atoms in total. The summed E-state index contributed by atoms with van der Waals surface area (Å²) < 4.78 is 1.85. The van der Waals surface area contributed by atoms with Crippen LogP contribution in [0.15, 0.2) is 0 Å². The summed E-state index contributed by atoms with van der Waals surface area (Å²) >= 11 is 5.99. The molecule has 0 amide bonds. The molecule has 2 unspecified atom stereocenters. The second-order valence-electron chi connectivity index (χ2n) is 3.82. The number of rotatable bonds is 4. The summed E-state index contributed by atoms with van der Waals surface area (Å²) in [5.41, 5.74) is 0. The molecule has 5 heteroatoms. The third-order valence-electron chi connectivity index (χ3n) is 2.38. The van der Waals surface area contributed by atoms with Crippen LogP contribution in [0.3, 0.4) is 0 Å². The standard InChI is InChI=1S/C9H17ClN4/c1-5-8(6(2)3)14-9(7(4)10)11-12-13-14/h6-8H,5H2,1-4H3. The van der Waals surface area contributed by atoms with Gasteiger partial charge in [-0.15, -0.1) is 16.7 Å². The molecule has 0 aromatic carbocycles. The molecular weight excluding hydrogens is 200 g/mol. The molecule has 0 saturated heterocycles. The number of hydrogen-bond donors (Lipinski definition) is 0. The number of tetrazole rings is 1. The Hall–Kier alpha value is -0.640. The lowest BCUT2D eigenvalue weighted by molar-refractivity contribution is 0.322. The van der Waals surface area contributed by atoms with Crippen molar-refractivity contribution in [1.29, 1.82) is 0 Å². The fourth-order valence-corrected chi connectivity index (χ4v) is 1.77. The first-order valence-electron chi connectivity index (χ1n) is 4.99. The Labute approximate surface area is 89.6 Å². The summed E-state index contributed by atoms with van der Waals surface area (Å²) in [6, 6.07) is 0.334. The normalized spacial score (nSPS) is 15.9. The summed E-state index contributed by atoms with van der Waals surface area (Å²) in [6.07, 6.45) is 1.01. The van der Waals surface area contributed by atoms with Crippen molar-refractivity contribution in [2.24, 2.45) is 5.92 Å². The first-order valence-corrected chi connectivity index (χ1v) is 5.43. The van der Waals surface area contributed by atoms with E-state index < -0.39 is 0 Å². The highest BCUT2D eigenvalue weighted by atomic mass is 35.5. The van der Waals surface area contributed by atoms with Gasteiger partial charge in [0.05, 0.1) is 11.4 Å². The fraction of sp³-hybridized carbons (Fsp3) is 0.889. The molecular formula is C9H17ClN4. The van der Waals surface area contributed by atoms with Gasteiger partial charge in [-0.25, -0.2) is 4.68 Å².